The van der Waals surface area contributed by atoms with Gasteiger partial charge in [0, 0.05) is 12.8 Å². The Morgan fingerprint density at radius 1 is 1.38 bits per heavy atom. The molecule has 3 aromatic rings. The first kappa shape index (κ1) is 16.7. The normalized spacial score (nSPS) is 17.5. The number of nitrogens with zero attached hydrogens (tertiary/aromatic N) is 3. The van der Waals surface area contributed by atoms with Crippen molar-refractivity contribution in [2.45, 2.75) is 25.3 Å². The van der Waals surface area contributed by atoms with Crippen LogP contribution in [0.5, 0.6) is 5.75 Å². The molecule has 0 bridgehead atoms. The molecular formula is C18H18FN3O4. The zero-order valence-electron chi connectivity index (χ0n) is 14.3. The molecule has 0 N–H and O–H groups in total. The first-order valence-corrected chi connectivity index (χ1v) is 8.42. The maximum atomic E-state index is 13.9. The Hall–Kier alpha value is -2.74. The Labute approximate surface area is 148 Å². The fourth-order valence-electron chi connectivity index (χ4n) is 3.14. The lowest BCUT2D eigenvalue weighted by atomic mass is 10.0. The van der Waals surface area contributed by atoms with Crippen molar-refractivity contribution in [1.82, 2.24) is 14.8 Å². The fraction of sp³-hybridized carbons (Fsp3) is 0.389. The molecule has 136 valence electrons. The van der Waals surface area contributed by atoms with Crippen LogP contribution in [-0.4, -0.2) is 35.1 Å². The Balaban J connectivity index is 1.62. The molecule has 1 aliphatic rings. The third-order valence-corrected chi connectivity index (χ3v) is 4.55. The number of fused-ring (bicyclic) bond motifs is 1. The van der Waals surface area contributed by atoms with Crippen molar-refractivity contribution >= 4 is 10.8 Å². The molecule has 0 spiro atoms. The van der Waals surface area contributed by atoms with Crippen LogP contribution in [0.15, 0.2) is 33.6 Å². The average Bonchev–Trinajstić information content (AvgIpc) is 3.13. The van der Waals surface area contributed by atoms with Crippen LogP contribution in [0, 0.1) is 5.82 Å². The standard InChI is InChI=1S/C18H18FN3O4/c1-24-15-7-11-4-5-22(18(23)13(11)8-14(15)19)9-16-20-21-17(26-16)12-3-2-6-25-10-12/h4-5,7-8,12H,2-3,6,9-10H2,1H3. The second-order valence-corrected chi connectivity index (χ2v) is 6.27. The van der Waals surface area contributed by atoms with Crippen LogP contribution in [0.2, 0.25) is 0 Å². The first-order chi connectivity index (χ1) is 12.7. The lowest BCUT2D eigenvalue weighted by Crippen LogP contribution is -2.20. The van der Waals surface area contributed by atoms with Gasteiger partial charge in [-0.25, -0.2) is 4.39 Å². The highest BCUT2D eigenvalue weighted by atomic mass is 19.1. The second-order valence-electron chi connectivity index (χ2n) is 6.27. The van der Waals surface area contributed by atoms with E-state index >= 15 is 0 Å². The van der Waals surface area contributed by atoms with E-state index in [-0.39, 0.29) is 29.2 Å². The Bertz CT molecular complexity index is 992. The van der Waals surface area contributed by atoms with E-state index in [0.717, 1.165) is 19.4 Å². The Kier molecular flexibility index (Phi) is 4.42. The highest BCUT2D eigenvalue weighted by molar-refractivity contribution is 5.83. The van der Waals surface area contributed by atoms with Gasteiger partial charge in [0.25, 0.3) is 5.56 Å². The minimum Gasteiger partial charge on any atom is -0.494 e. The number of ether oxygens (including phenoxy) is 2. The quantitative estimate of drug-likeness (QED) is 0.712. The van der Waals surface area contributed by atoms with Gasteiger partial charge in [0.15, 0.2) is 11.6 Å². The Morgan fingerprint density at radius 3 is 3.04 bits per heavy atom. The molecule has 0 radical (unpaired) electrons. The van der Waals surface area contributed by atoms with Gasteiger partial charge in [-0.3, -0.25) is 4.79 Å². The van der Waals surface area contributed by atoms with Crippen LogP contribution in [0.4, 0.5) is 4.39 Å². The van der Waals surface area contributed by atoms with Gasteiger partial charge < -0.3 is 18.5 Å². The van der Waals surface area contributed by atoms with Crippen molar-refractivity contribution in [2.24, 2.45) is 0 Å². The average molecular weight is 359 g/mol. The van der Waals surface area contributed by atoms with E-state index in [1.807, 2.05) is 0 Å². The Morgan fingerprint density at radius 2 is 2.27 bits per heavy atom. The van der Waals surface area contributed by atoms with E-state index in [9.17, 15) is 9.18 Å². The predicted molar refractivity (Wildman–Crippen MR) is 90.9 cm³/mol. The SMILES string of the molecule is COc1cc2ccn(Cc3nnc(C4CCCOC4)o3)c(=O)c2cc1F. The summed E-state index contributed by atoms with van der Waals surface area (Å²) in [5.74, 6) is 0.489. The number of hydrogen-bond acceptors (Lipinski definition) is 6. The van der Waals surface area contributed by atoms with E-state index < -0.39 is 5.82 Å². The summed E-state index contributed by atoms with van der Waals surface area (Å²) in [4.78, 5) is 12.6. The second kappa shape index (κ2) is 6.87. The lowest BCUT2D eigenvalue weighted by Gasteiger charge is -2.18. The molecule has 1 unspecified atom stereocenters. The topological polar surface area (TPSA) is 79.4 Å². The van der Waals surface area contributed by atoms with Gasteiger partial charge in [-0.2, -0.15) is 0 Å². The van der Waals surface area contributed by atoms with Crippen molar-refractivity contribution in [1.29, 1.82) is 0 Å². The van der Waals surface area contributed by atoms with Gasteiger partial charge in [-0.1, -0.05) is 0 Å². The number of methoxy groups -OCH3 is 1. The van der Waals surface area contributed by atoms with E-state index in [0.29, 0.717) is 23.8 Å². The summed E-state index contributed by atoms with van der Waals surface area (Å²) in [6.45, 7) is 1.45. The summed E-state index contributed by atoms with van der Waals surface area (Å²) in [6.07, 6.45) is 3.52. The molecule has 1 fully saturated rings. The van der Waals surface area contributed by atoms with Gasteiger partial charge >= 0.3 is 0 Å². The number of halogens is 1. The highest BCUT2D eigenvalue weighted by Crippen LogP contribution is 2.25. The molecule has 1 atom stereocenters. The molecule has 8 heteroatoms. The number of aromatic nitrogens is 3. The molecule has 0 aliphatic carbocycles. The van der Waals surface area contributed by atoms with Gasteiger partial charge in [0.05, 0.1) is 25.0 Å². The summed E-state index contributed by atoms with van der Waals surface area (Å²) in [5, 5.41) is 8.98. The van der Waals surface area contributed by atoms with Gasteiger partial charge in [0.2, 0.25) is 11.8 Å². The number of hydrogen-bond donors (Lipinski definition) is 0. The minimum absolute atomic E-state index is 0.0971. The number of pyridine rings is 1. The molecule has 4 rings (SSSR count). The lowest BCUT2D eigenvalue weighted by molar-refractivity contribution is 0.0721. The van der Waals surface area contributed by atoms with E-state index in [2.05, 4.69) is 10.2 Å². The third-order valence-electron chi connectivity index (χ3n) is 4.55. The number of benzene rings is 1. The number of rotatable bonds is 4. The molecule has 7 nitrogen and oxygen atoms in total. The molecule has 3 heterocycles. The van der Waals surface area contributed by atoms with Crippen LogP contribution >= 0.6 is 0 Å². The zero-order chi connectivity index (χ0) is 18.1. The van der Waals surface area contributed by atoms with Gasteiger partial charge in [-0.05, 0) is 36.4 Å². The summed E-state index contributed by atoms with van der Waals surface area (Å²) >= 11 is 0. The van der Waals surface area contributed by atoms with Crippen LogP contribution in [0.1, 0.15) is 30.5 Å². The largest absolute Gasteiger partial charge is 0.494 e. The molecule has 1 aromatic carbocycles. The highest BCUT2D eigenvalue weighted by Gasteiger charge is 2.22. The van der Waals surface area contributed by atoms with Crippen LogP contribution in [0.3, 0.4) is 0 Å². The van der Waals surface area contributed by atoms with Gasteiger partial charge in [0.1, 0.15) is 6.54 Å². The van der Waals surface area contributed by atoms with Crippen molar-refractivity contribution in [3.63, 3.8) is 0 Å². The van der Waals surface area contributed by atoms with Crippen LogP contribution in [0.25, 0.3) is 10.8 Å². The summed E-state index contributed by atoms with van der Waals surface area (Å²) in [7, 11) is 1.38. The minimum atomic E-state index is -0.577. The fourth-order valence-corrected chi connectivity index (χ4v) is 3.14. The monoisotopic (exact) mass is 359 g/mol. The van der Waals surface area contributed by atoms with E-state index in [4.69, 9.17) is 13.9 Å². The third kappa shape index (κ3) is 3.08. The van der Waals surface area contributed by atoms with Gasteiger partial charge in [-0.15, -0.1) is 10.2 Å². The smallest absolute Gasteiger partial charge is 0.259 e. The summed E-state index contributed by atoms with van der Waals surface area (Å²) < 4.78 is 31.4. The van der Waals surface area contributed by atoms with E-state index in [1.165, 1.54) is 23.8 Å². The van der Waals surface area contributed by atoms with Crippen LogP contribution < -0.4 is 10.3 Å². The molecule has 1 aliphatic heterocycles. The zero-order valence-corrected chi connectivity index (χ0v) is 14.3. The summed E-state index contributed by atoms with van der Waals surface area (Å²) in [5.41, 5.74) is -0.329. The maximum absolute atomic E-state index is 13.9. The molecule has 2 aromatic heterocycles. The predicted octanol–water partition coefficient (Wildman–Crippen LogP) is 2.47. The van der Waals surface area contributed by atoms with Crippen molar-refractivity contribution in [3.05, 3.63) is 52.3 Å². The van der Waals surface area contributed by atoms with Crippen molar-refractivity contribution in [2.75, 3.05) is 20.3 Å². The molecule has 0 amide bonds. The van der Waals surface area contributed by atoms with Crippen LogP contribution in [-0.2, 0) is 11.3 Å². The molecule has 0 saturated carbocycles. The van der Waals surface area contributed by atoms with Crippen molar-refractivity contribution < 1.29 is 18.3 Å². The first-order valence-electron chi connectivity index (χ1n) is 8.42. The molecule has 26 heavy (non-hydrogen) atoms. The van der Waals surface area contributed by atoms with Crippen molar-refractivity contribution in [3.8, 4) is 5.75 Å². The summed E-state index contributed by atoms with van der Waals surface area (Å²) in [6, 6.07) is 4.42. The maximum Gasteiger partial charge on any atom is 0.259 e. The molecular weight excluding hydrogens is 341 g/mol. The molecule has 1 saturated heterocycles. The van der Waals surface area contributed by atoms with E-state index in [1.54, 1.807) is 12.3 Å².